The largest absolute Gasteiger partial charge is 0.493 e. The third-order valence-corrected chi connectivity index (χ3v) is 6.57. The van der Waals surface area contributed by atoms with Gasteiger partial charge in [-0.15, -0.1) is 0 Å². The van der Waals surface area contributed by atoms with Gasteiger partial charge in [0.1, 0.15) is 17.7 Å². The zero-order valence-electron chi connectivity index (χ0n) is 21.2. The van der Waals surface area contributed by atoms with Gasteiger partial charge in [-0.1, -0.05) is 0 Å². The molecule has 1 aromatic heterocycles. The van der Waals surface area contributed by atoms with Crippen LogP contribution in [-0.4, -0.2) is 66.6 Å². The van der Waals surface area contributed by atoms with E-state index in [1.54, 1.807) is 47.6 Å². The fourth-order valence-electron chi connectivity index (χ4n) is 4.64. The summed E-state index contributed by atoms with van der Waals surface area (Å²) in [5.41, 5.74) is 1.26. The zero-order valence-corrected chi connectivity index (χ0v) is 21.2. The first-order chi connectivity index (χ1) is 18.9. The molecule has 0 saturated carbocycles. The Labute approximate surface area is 224 Å². The van der Waals surface area contributed by atoms with Crippen LogP contribution in [0.1, 0.15) is 32.7 Å². The van der Waals surface area contributed by atoms with Gasteiger partial charge in [0.2, 0.25) is 0 Å². The molecule has 1 saturated heterocycles. The van der Waals surface area contributed by atoms with Gasteiger partial charge in [-0.25, -0.2) is 4.39 Å². The van der Waals surface area contributed by atoms with Crippen molar-refractivity contribution in [2.45, 2.75) is 25.1 Å². The number of likely N-dealkylation sites (tertiary alicyclic amines) is 1. The topological polar surface area (TPSA) is 119 Å². The molecule has 0 spiro atoms. The summed E-state index contributed by atoms with van der Waals surface area (Å²) < 4.78 is 31.7. The van der Waals surface area contributed by atoms with Gasteiger partial charge in [0.25, 0.3) is 17.7 Å². The summed E-state index contributed by atoms with van der Waals surface area (Å²) in [6.45, 7) is 0.243. The van der Waals surface area contributed by atoms with E-state index in [1.165, 1.54) is 25.3 Å². The van der Waals surface area contributed by atoms with Crippen LogP contribution < -0.4 is 24.8 Å². The number of carbonyl (C=O) groups is 3. The molecule has 5 rings (SSSR count). The molecule has 1 fully saturated rings. The van der Waals surface area contributed by atoms with E-state index in [0.29, 0.717) is 29.8 Å². The number of benzene rings is 2. The Bertz CT molecular complexity index is 1390. The molecular formula is C28H27FN4O6. The first-order valence-corrected chi connectivity index (χ1v) is 12.4. The SMILES string of the molecule is COc1ccc2cc1OCC(=O)N[C@@H]1CN(C(=O)c3ccncc3)CC[C@@H]1Oc1cc(F)cc(c1)CNC2=O. The molecule has 202 valence electrons. The van der Waals surface area contributed by atoms with E-state index < -0.39 is 29.8 Å². The fourth-order valence-corrected chi connectivity index (χ4v) is 4.64. The summed E-state index contributed by atoms with van der Waals surface area (Å²) in [6.07, 6.45) is 2.93. The molecule has 2 atom stereocenters. The summed E-state index contributed by atoms with van der Waals surface area (Å²) in [4.78, 5) is 44.4. The lowest BCUT2D eigenvalue weighted by Crippen LogP contribution is -2.58. The van der Waals surface area contributed by atoms with E-state index in [4.69, 9.17) is 14.2 Å². The maximum absolute atomic E-state index is 14.5. The van der Waals surface area contributed by atoms with Crippen LogP contribution in [0.4, 0.5) is 4.39 Å². The molecule has 3 aromatic rings. The normalized spacial score (nSPS) is 19.5. The standard InChI is InChI=1S/C28H27FN4O6/c1-37-24-3-2-19-12-25(24)38-16-26(34)32-22-15-33(28(36)18-4-7-30-8-5-18)9-6-23(22)39-21-11-17(10-20(29)13-21)14-31-27(19)35/h2-5,7-8,10-13,22-23H,6,9,14-16H2,1H3,(H,31,35)(H,32,34)/t22-,23+/m1/s1. The molecule has 0 unspecified atom stereocenters. The number of hydrogen-bond acceptors (Lipinski definition) is 7. The number of fused-ring (bicyclic) bond motifs is 5. The number of piperidine rings is 1. The number of amides is 3. The van der Waals surface area contributed by atoms with Crippen LogP contribution in [0.5, 0.6) is 17.2 Å². The summed E-state index contributed by atoms with van der Waals surface area (Å²) in [6, 6.07) is 11.5. The average Bonchev–Trinajstić information content (AvgIpc) is 2.95. The van der Waals surface area contributed by atoms with Crippen LogP contribution in [0.15, 0.2) is 60.9 Å². The Balaban J connectivity index is 1.44. The van der Waals surface area contributed by atoms with Crippen molar-refractivity contribution in [1.82, 2.24) is 20.5 Å². The van der Waals surface area contributed by atoms with Crippen molar-refractivity contribution in [3.05, 3.63) is 83.4 Å². The third kappa shape index (κ3) is 6.08. The Morgan fingerprint density at radius 2 is 1.95 bits per heavy atom. The predicted octanol–water partition coefficient (Wildman–Crippen LogP) is 2.33. The van der Waals surface area contributed by atoms with Crippen molar-refractivity contribution < 1.29 is 33.0 Å². The first kappa shape index (κ1) is 26.0. The maximum atomic E-state index is 14.5. The van der Waals surface area contributed by atoms with Crippen molar-refractivity contribution >= 4 is 17.7 Å². The summed E-state index contributed by atoms with van der Waals surface area (Å²) in [7, 11) is 1.45. The minimum atomic E-state index is -0.604. The highest BCUT2D eigenvalue weighted by Crippen LogP contribution is 2.29. The number of nitrogens with zero attached hydrogens (tertiary/aromatic N) is 2. The molecule has 2 aromatic carbocycles. The number of rotatable bonds is 2. The Morgan fingerprint density at radius 1 is 1.13 bits per heavy atom. The summed E-state index contributed by atoms with van der Waals surface area (Å²) in [5, 5.41) is 5.66. The Hall–Kier alpha value is -4.67. The highest BCUT2D eigenvalue weighted by atomic mass is 19.1. The minimum Gasteiger partial charge on any atom is -0.493 e. The van der Waals surface area contributed by atoms with Crippen LogP contribution in [-0.2, 0) is 11.3 Å². The van der Waals surface area contributed by atoms with Crippen molar-refractivity contribution in [2.75, 3.05) is 26.8 Å². The second kappa shape index (κ2) is 11.4. The van der Waals surface area contributed by atoms with Crippen molar-refractivity contribution in [3.63, 3.8) is 0 Å². The number of pyridine rings is 1. The van der Waals surface area contributed by atoms with Gasteiger partial charge < -0.3 is 29.7 Å². The molecule has 0 radical (unpaired) electrons. The molecule has 3 heterocycles. The van der Waals surface area contributed by atoms with Gasteiger partial charge in [0, 0.05) is 55.6 Å². The number of aromatic nitrogens is 1. The van der Waals surface area contributed by atoms with Crippen LogP contribution in [0, 0.1) is 5.82 Å². The third-order valence-electron chi connectivity index (χ3n) is 6.57. The number of nitrogens with one attached hydrogen (secondary N) is 2. The van der Waals surface area contributed by atoms with E-state index in [9.17, 15) is 18.8 Å². The lowest BCUT2D eigenvalue weighted by Gasteiger charge is -2.39. The zero-order chi connectivity index (χ0) is 27.4. The van der Waals surface area contributed by atoms with Gasteiger partial charge in [0.15, 0.2) is 18.1 Å². The second-order valence-electron chi connectivity index (χ2n) is 9.24. The second-order valence-corrected chi connectivity index (χ2v) is 9.24. The molecule has 2 N–H and O–H groups in total. The van der Waals surface area contributed by atoms with Crippen LogP contribution in [0.3, 0.4) is 0 Å². The molecule has 2 aliphatic rings. The van der Waals surface area contributed by atoms with E-state index in [2.05, 4.69) is 15.6 Å². The summed E-state index contributed by atoms with van der Waals surface area (Å²) >= 11 is 0. The highest BCUT2D eigenvalue weighted by molar-refractivity contribution is 5.95. The lowest BCUT2D eigenvalue weighted by molar-refractivity contribution is -0.125. The maximum Gasteiger partial charge on any atom is 0.258 e. The lowest BCUT2D eigenvalue weighted by atomic mass is 10.0. The van der Waals surface area contributed by atoms with Crippen molar-refractivity contribution in [3.8, 4) is 17.2 Å². The number of methoxy groups -OCH3 is 1. The molecule has 10 nitrogen and oxygen atoms in total. The smallest absolute Gasteiger partial charge is 0.258 e. The van der Waals surface area contributed by atoms with Gasteiger partial charge in [-0.3, -0.25) is 19.4 Å². The average molecular weight is 535 g/mol. The molecule has 0 aliphatic carbocycles. The highest BCUT2D eigenvalue weighted by Gasteiger charge is 2.35. The fraction of sp³-hybridized carbons (Fsp3) is 0.286. The molecule has 11 heteroatoms. The molecule has 4 bridgehead atoms. The van der Waals surface area contributed by atoms with Gasteiger partial charge in [-0.05, 0) is 48.0 Å². The monoisotopic (exact) mass is 534 g/mol. The van der Waals surface area contributed by atoms with E-state index >= 15 is 0 Å². The van der Waals surface area contributed by atoms with Crippen LogP contribution >= 0.6 is 0 Å². The number of carbonyl (C=O) groups excluding carboxylic acids is 3. The van der Waals surface area contributed by atoms with Gasteiger partial charge >= 0.3 is 0 Å². The Kier molecular flexibility index (Phi) is 7.57. The van der Waals surface area contributed by atoms with Crippen molar-refractivity contribution in [1.29, 1.82) is 0 Å². The quantitative estimate of drug-likeness (QED) is 0.518. The molecule has 2 aliphatic heterocycles. The number of hydrogen-bond donors (Lipinski definition) is 2. The first-order valence-electron chi connectivity index (χ1n) is 12.4. The number of halogens is 1. The Morgan fingerprint density at radius 3 is 2.74 bits per heavy atom. The molecule has 3 amide bonds. The van der Waals surface area contributed by atoms with E-state index in [0.717, 1.165) is 0 Å². The van der Waals surface area contributed by atoms with E-state index in [-0.39, 0.29) is 42.7 Å². The molecule has 39 heavy (non-hydrogen) atoms. The van der Waals surface area contributed by atoms with E-state index in [1.807, 2.05) is 0 Å². The van der Waals surface area contributed by atoms with Gasteiger partial charge in [0.05, 0.1) is 13.2 Å². The predicted molar refractivity (Wildman–Crippen MR) is 137 cm³/mol. The van der Waals surface area contributed by atoms with Crippen LogP contribution in [0.25, 0.3) is 0 Å². The molecular weight excluding hydrogens is 507 g/mol. The van der Waals surface area contributed by atoms with Crippen LogP contribution in [0.2, 0.25) is 0 Å². The number of ether oxygens (including phenoxy) is 3. The van der Waals surface area contributed by atoms with Crippen molar-refractivity contribution in [2.24, 2.45) is 0 Å². The minimum absolute atomic E-state index is 0.0637. The summed E-state index contributed by atoms with van der Waals surface area (Å²) in [5.74, 6) is -0.766. The van der Waals surface area contributed by atoms with Gasteiger partial charge in [-0.2, -0.15) is 0 Å².